The van der Waals surface area contributed by atoms with E-state index in [0.717, 1.165) is 0 Å². The summed E-state index contributed by atoms with van der Waals surface area (Å²) in [6.07, 6.45) is 0. The summed E-state index contributed by atoms with van der Waals surface area (Å²) in [6.45, 7) is 4.29. The number of halogens is 1. The molecule has 2 aromatic rings. The topological polar surface area (TPSA) is 0 Å². The maximum Gasteiger partial charge on any atom is 0.0831 e. The fourth-order valence-electron chi connectivity index (χ4n) is 1.32. The molecule has 0 bridgehead atoms. The fourth-order valence-corrected chi connectivity index (χ4v) is 4.01. The van der Waals surface area contributed by atoms with E-state index in [-0.39, 0.29) is 0 Å². The van der Waals surface area contributed by atoms with Crippen molar-refractivity contribution in [3.05, 3.63) is 43.8 Å². The zero-order valence-electron chi connectivity index (χ0n) is 8.08. The van der Waals surface area contributed by atoms with Crippen molar-refractivity contribution in [1.29, 1.82) is 0 Å². The normalized spacial score (nSPS) is 11.1. The summed E-state index contributed by atoms with van der Waals surface area (Å²) in [6, 6.07) is 8.76. The van der Waals surface area contributed by atoms with Crippen LogP contribution < -0.4 is 0 Å². The van der Waals surface area contributed by atoms with Gasteiger partial charge in [-0.2, -0.15) is 0 Å². The van der Waals surface area contributed by atoms with Gasteiger partial charge in [0.1, 0.15) is 0 Å². The molecule has 0 N–H and O–H groups in total. The van der Waals surface area contributed by atoms with E-state index in [1.54, 1.807) is 0 Å². The molecule has 0 saturated heterocycles. The second-order valence-electron chi connectivity index (χ2n) is 3.26. The van der Waals surface area contributed by atoms with Crippen LogP contribution >= 0.6 is 38.6 Å². The Morgan fingerprint density at radius 2 is 1.36 bits per heavy atom. The monoisotopic (exact) mass is 286 g/mol. The van der Waals surface area contributed by atoms with Gasteiger partial charge < -0.3 is 0 Å². The Hall–Kier alpha value is -0.120. The van der Waals surface area contributed by atoms with Crippen molar-refractivity contribution in [2.75, 3.05) is 0 Å². The first kappa shape index (κ1) is 10.4. The highest BCUT2D eigenvalue weighted by Crippen LogP contribution is 2.38. The van der Waals surface area contributed by atoms with E-state index >= 15 is 0 Å². The smallest absolute Gasteiger partial charge is 0.0831 e. The number of rotatable bonds is 2. The molecule has 3 heteroatoms. The molecule has 0 amide bonds. The fraction of sp³-hybridized carbons (Fsp3) is 0.273. The summed E-state index contributed by atoms with van der Waals surface area (Å²) in [5.74, 6) is 0. The first-order valence-electron chi connectivity index (χ1n) is 4.43. The van der Waals surface area contributed by atoms with Gasteiger partial charge in [0, 0.05) is 19.5 Å². The van der Waals surface area contributed by atoms with Gasteiger partial charge in [0.25, 0.3) is 0 Å². The minimum Gasteiger partial charge on any atom is -0.144 e. The van der Waals surface area contributed by atoms with Crippen LogP contribution in [-0.2, 0) is 0 Å². The number of hydrogen-bond donors (Lipinski definition) is 0. The van der Waals surface area contributed by atoms with Crippen molar-refractivity contribution in [3.63, 3.8) is 0 Å². The SMILES string of the molecule is Cc1ccc(C(Br)c2ccc(C)s2)s1. The quantitative estimate of drug-likeness (QED) is 0.688. The van der Waals surface area contributed by atoms with Crippen LogP contribution in [0.3, 0.4) is 0 Å². The van der Waals surface area contributed by atoms with Crippen LogP contribution in [0.25, 0.3) is 0 Å². The van der Waals surface area contributed by atoms with E-state index in [4.69, 9.17) is 0 Å². The molecule has 0 unspecified atom stereocenters. The largest absolute Gasteiger partial charge is 0.144 e. The van der Waals surface area contributed by atoms with Crippen LogP contribution in [0.4, 0.5) is 0 Å². The Labute approximate surface area is 101 Å². The van der Waals surface area contributed by atoms with Crippen LogP contribution in [0.1, 0.15) is 24.3 Å². The Morgan fingerprint density at radius 3 is 1.64 bits per heavy atom. The lowest BCUT2D eigenvalue weighted by Crippen LogP contribution is -1.83. The highest BCUT2D eigenvalue weighted by molar-refractivity contribution is 9.09. The number of hydrogen-bond acceptors (Lipinski definition) is 2. The molecule has 0 spiro atoms. The van der Waals surface area contributed by atoms with Gasteiger partial charge in [-0.05, 0) is 38.1 Å². The summed E-state index contributed by atoms with van der Waals surface area (Å²) in [5.41, 5.74) is 0. The van der Waals surface area contributed by atoms with Crippen molar-refractivity contribution >= 4 is 38.6 Å². The van der Waals surface area contributed by atoms with E-state index in [9.17, 15) is 0 Å². The Kier molecular flexibility index (Phi) is 3.10. The molecule has 0 aromatic carbocycles. The molecule has 2 aromatic heterocycles. The average molecular weight is 287 g/mol. The molecule has 0 saturated carbocycles. The third-order valence-corrected chi connectivity index (χ3v) is 5.75. The van der Waals surface area contributed by atoms with Crippen LogP contribution in [0.2, 0.25) is 0 Å². The van der Waals surface area contributed by atoms with Crippen molar-refractivity contribution < 1.29 is 0 Å². The molecule has 2 rings (SSSR count). The van der Waals surface area contributed by atoms with Crippen molar-refractivity contribution in [2.45, 2.75) is 18.7 Å². The minimum absolute atomic E-state index is 0.375. The van der Waals surface area contributed by atoms with Crippen molar-refractivity contribution in [1.82, 2.24) is 0 Å². The zero-order valence-corrected chi connectivity index (χ0v) is 11.3. The van der Waals surface area contributed by atoms with E-state index in [1.807, 2.05) is 22.7 Å². The lowest BCUT2D eigenvalue weighted by Gasteiger charge is -2.03. The number of alkyl halides is 1. The predicted molar refractivity (Wildman–Crippen MR) is 68.9 cm³/mol. The maximum absolute atomic E-state index is 3.74. The minimum atomic E-state index is 0.375. The molecule has 14 heavy (non-hydrogen) atoms. The van der Waals surface area contributed by atoms with Crippen LogP contribution in [0, 0.1) is 13.8 Å². The van der Waals surface area contributed by atoms with Gasteiger partial charge in [0.2, 0.25) is 0 Å². The third kappa shape index (κ3) is 2.10. The summed E-state index contributed by atoms with van der Waals surface area (Å²) in [4.78, 5) is 5.91. The predicted octanol–water partition coefficient (Wildman–Crippen LogP) is 4.91. The summed E-state index contributed by atoms with van der Waals surface area (Å²) >= 11 is 7.46. The Morgan fingerprint density at radius 1 is 0.929 bits per heavy atom. The highest BCUT2D eigenvalue weighted by atomic mass is 79.9. The lowest BCUT2D eigenvalue weighted by atomic mass is 10.3. The van der Waals surface area contributed by atoms with E-state index in [0.29, 0.717) is 4.83 Å². The zero-order chi connectivity index (χ0) is 10.1. The standard InChI is InChI=1S/C11H11BrS2/c1-7-3-5-9(13-7)11(12)10-6-4-8(2)14-10/h3-6,11H,1-2H3. The molecular formula is C11H11BrS2. The van der Waals surface area contributed by atoms with Gasteiger partial charge in [0.05, 0.1) is 4.83 Å². The summed E-state index contributed by atoms with van der Waals surface area (Å²) in [7, 11) is 0. The molecule has 0 aliphatic rings. The van der Waals surface area contributed by atoms with Crippen molar-refractivity contribution in [2.24, 2.45) is 0 Å². The molecular weight excluding hydrogens is 276 g/mol. The lowest BCUT2D eigenvalue weighted by molar-refractivity contribution is 1.29. The van der Waals surface area contributed by atoms with Gasteiger partial charge in [0.15, 0.2) is 0 Å². The van der Waals surface area contributed by atoms with Gasteiger partial charge in [-0.1, -0.05) is 15.9 Å². The Bertz CT molecular complexity index is 388. The van der Waals surface area contributed by atoms with E-state index in [2.05, 4.69) is 54.0 Å². The number of thiophene rings is 2. The summed E-state index contributed by atoms with van der Waals surface area (Å²) in [5, 5.41) is 0. The van der Waals surface area contributed by atoms with E-state index in [1.165, 1.54) is 19.5 Å². The van der Waals surface area contributed by atoms with E-state index < -0.39 is 0 Å². The average Bonchev–Trinajstić information content (AvgIpc) is 2.73. The molecule has 0 aliphatic heterocycles. The van der Waals surface area contributed by atoms with Gasteiger partial charge in [-0.15, -0.1) is 22.7 Å². The molecule has 0 aliphatic carbocycles. The molecule has 0 nitrogen and oxygen atoms in total. The van der Waals surface area contributed by atoms with Gasteiger partial charge in [-0.3, -0.25) is 0 Å². The summed E-state index contributed by atoms with van der Waals surface area (Å²) < 4.78 is 0. The molecule has 0 atom stereocenters. The first-order valence-corrected chi connectivity index (χ1v) is 6.98. The van der Waals surface area contributed by atoms with Crippen LogP contribution in [0.5, 0.6) is 0 Å². The number of aryl methyl sites for hydroxylation is 2. The second kappa shape index (κ2) is 4.17. The van der Waals surface area contributed by atoms with Gasteiger partial charge >= 0.3 is 0 Å². The third-order valence-electron chi connectivity index (χ3n) is 2.02. The second-order valence-corrected chi connectivity index (χ2v) is 6.81. The Balaban J connectivity index is 2.28. The molecule has 0 radical (unpaired) electrons. The van der Waals surface area contributed by atoms with Crippen LogP contribution in [0.15, 0.2) is 24.3 Å². The molecule has 0 fully saturated rings. The first-order chi connectivity index (χ1) is 6.66. The van der Waals surface area contributed by atoms with Crippen LogP contribution in [-0.4, -0.2) is 0 Å². The van der Waals surface area contributed by atoms with Crippen molar-refractivity contribution in [3.8, 4) is 0 Å². The molecule has 74 valence electrons. The maximum atomic E-state index is 3.74. The molecule has 2 heterocycles. The highest BCUT2D eigenvalue weighted by Gasteiger charge is 2.13. The van der Waals surface area contributed by atoms with Gasteiger partial charge in [-0.25, -0.2) is 0 Å².